The maximum absolute atomic E-state index is 5.82. The van der Waals surface area contributed by atoms with E-state index in [1.807, 2.05) is 0 Å². The molecule has 4 rings (SSSR count). The topological polar surface area (TPSA) is 9.23 Å². The molecule has 0 amide bonds. The first kappa shape index (κ1) is 21.5. The fourth-order valence-corrected chi connectivity index (χ4v) is 5.67. The third-order valence-electron chi connectivity index (χ3n) is 5.09. The second kappa shape index (κ2) is 8.40. The second-order valence-corrected chi connectivity index (χ2v) is 15.1. The molecule has 0 unspecified atom stereocenters. The third-order valence-corrected chi connectivity index (χ3v) is 7.65. The molecule has 4 heteroatoms. The van der Waals surface area contributed by atoms with E-state index in [0.29, 0.717) is 0 Å². The fourth-order valence-electron chi connectivity index (χ4n) is 3.61. The summed E-state index contributed by atoms with van der Waals surface area (Å²) in [4.78, 5) is 2.07. The van der Waals surface area contributed by atoms with Crippen LogP contribution in [0.25, 0.3) is 33.0 Å². The minimum atomic E-state index is -1.45. The molecular formula is C27H24OS2Si. The van der Waals surface area contributed by atoms with E-state index in [0.717, 1.165) is 37.6 Å². The zero-order valence-corrected chi connectivity index (χ0v) is 21.1. The van der Waals surface area contributed by atoms with Gasteiger partial charge in [-0.3, -0.25) is 0 Å². The summed E-state index contributed by atoms with van der Waals surface area (Å²) in [5.74, 6) is 7.11. The van der Waals surface area contributed by atoms with E-state index < -0.39 is 8.07 Å². The largest absolute Gasteiger partial charge is 0.496 e. The van der Waals surface area contributed by atoms with Gasteiger partial charge in [-0.15, -0.1) is 34.6 Å². The van der Waals surface area contributed by atoms with E-state index in [1.54, 1.807) is 29.8 Å². The van der Waals surface area contributed by atoms with Gasteiger partial charge in [-0.1, -0.05) is 37.5 Å². The summed E-state index contributed by atoms with van der Waals surface area (Å²) >= 11 is 3.30. The quantitative estimate of drug-likeness (QED) is 0.225. The average molecular weight is 457 g/mol. The van der Waals surface area contributed by atoms with Gasteiger partial charge in [0.2, 0.25) is 0 Å². The van der Waals surface area contributed by atoms with Gasteiger partial charge in [0, 0.05) is 16.7 Å². The van der Waals surface area contributed by atoms with Crippen LogP contribution < -0.4 is 4.74 Å². The number of terminal acetylenes is 1. The zero-order valence-electron chi connectivity index (χ0n) is 18.4. The van der Waals surface area contributed by atoms with E-state index in [1.165, 1.54) is 16.5 Å². The van der Waals surface area contributed by atoms with Gasteiger partial charge in [-0.05, 0) is 69.9 Å². The first-order valence-corrected chi connectivity index (χ1v) is 15.3. The van der Waals surface area contributed by atoms with Crippen molar-refractivity contribution in [1.29, 1.82) is 0 Å². The van der Waals surface area contributed by atoms with Crippen LogP contribution in [0.4, 0.5) is 0 Å². The van der Waals surface area contributed by atoms with Gasteiger partial charge >= 0.3 is 0 Å². The van der Waals surface area contributed by atoms with E-state index in [9.17, 15) is 0 Å². The minimum absolute atomic E-state index is 0.860. The van der Waals surface area contributed by atoms with Crippen molar-refractivity contribution < 1.29 is 4.74 Å². The molecule has 31 heavy (non-hydrogen) atoms. The summed E-state index contributed by atoms with van der Waals surface area (Å²) < 4.78 is 5.82. The Morgan fingerprint density at radius 3 is 2.10 bits per heavy atom. The highest BCUT2D eigenvalue weighted by Crippen LogP contribution is 2.40. The van der Waals surface area contributed by atoms with Crippen LogP contribution in [0.5, 0.6) is 5.75 Å². The number of aryl methyl sites for hydroxylation is 1. The fraction of sp³-hybridized carbons (Fsp3) is 0.185. The number of benzene rings is 2. The lowest BCUT2D eigenvalue weighted by Crippen LogP contribution is -2.16. The van der Waals surface area contributed by atoms with Crippen molar-refractivity contribution in [2.45, 2.75) is 26.6 Å². The van der Waals surface area contributed by atoms with E-state index >= 15 is 0 Å². The standard InChI is InChI=1S/C27H24OS2Si/c1-7-26-21(8-11-29-26)23-15-20-17-25(28-3)24(16-19(20)14-18(23)2)22-9-12-30-27(22)10-13-31(4,5)6/h1,8-9,11-12,14-17H,2-6H3. The summed E-state index contributed by atoms with van der Waals surface area (Å²) in [7, 11) is 0.281. The number of thiophene rings is 2. The molecule has 4 aromatic rings. The van der Waals surface area contributed by atoms with Crippen molar-refractivity contribution >= 4 is 41.5 Å². The molecule has 0 bridgehead atoms. The molecule has 154 valence electrons. The maximum Gasteiger partial charge on any atom is 0.129 e. The summed E-state index contributed by atoms with van der Waals surface area (Å²) in [5.41, 5.74) is 9.23. The lowest BCUT2D eigenvalue weighted by molar-refractivity contribution is 0.417. The van der Waals surface area contributed by atoms with Gasteiger partial charge in [0.15, 0.2) is 0 Å². The summed E-state index contributed by atoms with van der Waals surface area (Å²) in [5, 5.41) is 6.49. The summed E-state index contributed by atoms with van der Waals surface area (Å²) in [6.07, 6.45) is 5.71. The second-order valence-electron chi connectivity index (χ2n) is 8.54. The van der Waals surface area contributed by atoms with Gasteiger partial charge in [0.1, 0.15) is 13.8 Å². The van der Waals surface area contributed by atoms with E-state index in [2.05, 4.69) is 91.1 Å². The molecule has 0 radical (unpaired) electrons. The number of hydrogen-bond acceptors (Lipinski definition) is 3. The Bertz CT molecular complexity index is 1380. The molecule has 0 saturated carbocycles. The van der Waals surface area contributed by atoms with Crippen molar-refractivity contribution in [2.24, 2.45) is 0 Å². The Morgan fingerprint density at radius 2 is 1.45 bits per heavy atom. The van der Waals surface area contributed by atoms with Crippen LogP contribution >= 0.6 is 22.7 Å². The van der Waals surface area contributed by atoms with Gasteiger partial charge in [0.05, 0.1) is 16.9 Å². The van der Waals surface area contributed by atoms with Gasteiger partial charge < -0.3 is 4.74 Å². The van der Waals surface area contributed by atoms with Crippen LogP contribution in [-0.2, 0) is 0 Å². The molecule has 1 nitrogen and oxygen atoms in total. The highest BCUT2D eigenvalue weighted by molar-refractivity contribution is 7.11. The SMILES string of the molecule is C#Cc1sccc1-c1cc2cc(OC)c(-c3ccsc3C#C[Si](C)(C)C)cc2cc1C. The molecule has 0 spiro atoms. The average Bonchev–Trinajstić information content (AvgIpc) is 3.39. The molecule has 0 aliphatic heterocycles. The van der Waals surface area contributed by atoms with Gasteiger partial charge in [-0.25, -0.2) is 0 Å². The Kier molecular flexibility index (Phi) is 5.82. The molecule has 2 heterocycles. The lowest BCUT2D eigenvalue weighted by atomic mass is 9.94. The molecule has 0 N–H and O–H groups in total. The third kappa shape index (κ3) is 4.34. The summed E-state index contributed by atoms with van der Waals surface area (Å²) in [6, 6.07) is 13.1. The molecule has 0 atom stereocenters. The Morgan fingerprint density at radius 1 is 0.839 bits per heavy atom. The molecule has 0 aliphatic carbocycles. The van der Waals surface area contributed by atoms with Crippen molar-refractivity contribution in [3.8, 4) is 51.8 Å². The van der Waals surface area contributed by atoms with Crippen LogP contribution in [0.2, 0.25) is 19.6 Å². The highest BCUT2D eigenvalue weighted by atomic mass is 32.1. The number of fused-ring (bicyclic) bond motifs is 1. The Balaban J connectivity index is 1.89. The smallest absolute Gasteiger partial charge is 0.129 e. The minimum Gasteiger partial charge on any atom is -0.496 e. The van der Waals surface area contributed by atoms with Gasteiger partial charge in [0.25, 0.3) is 0 Å². The zero-order chi connectivity index (χ0) is 22.2. The van der Waals surface area contributed by atoms with Crippen LogP contribution in [0, 0.1) is 30.7 Å². The van der Waals surface area contributed by atoms with E-state index in [4.69, 9.17) is 11.2 Å². The number of hydrogen-bond donors (Lipinski definition) is 0. The van der Waals surface area contributed by atoms with Crippen molar-refractivity contribution in [1.82, 2.24) is 0 Å². The maximum atomic E-state index is 5.82. The lowest BCUT2D eigenvalue weighted by Gasteiger charge is -2.13. The summed E-state index contributed by atoms with van der Waals surface area (Å²) in [6.45, 7) is 8.95. The van der Waals surface area contributed by atoms with Crippen LogP contribution in [-0.4, -0.2) is 15.2 Å². The van der Waals surface area contributed by atoms with Crippen molar-refractivity contribution in [2.75, 3.05) is 7.11 Å². The number of ether oxygens (including phenoxy) is 1. The molecule has 0 saturated heterocycles. The predicted molar refractivity (Wildman–Crippen MR) is 140 cm³/mol. The molecular weight excluding hydrogens is 433 g/mol. The molecule has 2 aromatic carbocycles. The van der Waals surface area contributed by atoms with Crippen LogP contribution in [0.15, 0.2) is 47.2 Å². The first-order chi connectivity index (χ1) is 14.8. The monoisotopic (exact) mass is 456 g/mol. The number of methoxy groups -OCH3 is 1. The van der Waals surface area contributed by atoms with E-state index in [-0.39, 0.29) is 0 Å². The molecule has 0 aliphatic rings. The van der Waals surface area contributed by atoms with Crippen molar-refractivity contribution in [3.63, 3.8) is 0 Å². The predicted octanol–water partition coefficient (Wildman–Crippen LogP) is 7.82. The molecule has 2 aromatic heterocycles. The normalized spacial score (nSPS) is 11.1. The van der Waals surface area contributed by atoms with Crippen molar-refractivity contribution in [3.05, 3.63) is 62.5 Å². The highest BCUT2D eigenvalue weighted by Gasteiger charge is 2.16. The number of rotatable bonds is 3. The Hall–Kier alpha value is -2.76. The van der Waals surface area contributed by atoms with Crippen LogP contribution in [0.1, 0.15) is 15.3 Å². The Labute approximate surface area is 193 Å². The van der Waals surface area contributed by atoms with Gasteiger partial charge in [-0.2, -0.15) is 0 Å². The molecule has 0 fully saturated rings. The first-order valence-electron chi connectivity index (χ1n) is 10.1. The van der Waals surface area contributed by atoms with Crippen LogP contribution in [0.3, 0.4) is 0 Å².